The standard InChI is InChI=1S/C13H24O6/c1-11(19-13(17)7-3-5-9-15)10-18-12(16)6-2-4-8-14/h11,14-15H,2-10H2,1H3. The van der Waals surface area contributed by atoms with Gasteiger partial charge in [0.15, 0.2) is 0 Å². The van der Waals surface area contributed by atoms with Gasteiger partial charge in [-0.2, -0.15) is 0 Å². The second-order valence-corrected chi connectivity index (χ2v) is 4.34. The Morgan fingerprint density at radius 2 is 1.47 bits per heavy atom. The van der Waals surface area contributed by atoms with Crippen LogP contribution in [-0.4, -0.2) is 48.1 Å². The highest BCUT2D eigenvalue weighted by molar-refractivity contribution is 5.70. The molecule has 0 aromatic rings. The molecule has 0 aromatic carbocycles. The van der Waals surface area contributed by atoms with E-state index in [-0.39, 0.29) is 44.6 Å². The van der Waals surface area contributed by atoms with Gasteiger partial charge in [0.2, 0.25) is 0 Å². The molecule has 0 amide bonds. The van der Waals surface area contributed by atoms with E-state index in [1.807, 2.05) is 0 Å². The van der Waals surface area contributed by atoms with Crippen LogP contribution in [0.1, 0.15) is 45.4 Å². The van der Waals surface area contributed by atoms with Gasteiger partial charge in [-0.3, -0.25) is 9.59 Å². The minimum Gasteiger partial charge on any atom is -0.462 e. The van der Waals surface area contributed by atoms with Crippen molar-refractivity contribution in [1.82, 2.24) is 0 Å². The predicted octanol–water partition coefficient (Wildman–Crippen LogP) is 0.786. The molecule has 6 nitrogen and oxygen atoms in total. The number of aliphatic hydroxyl groups is 2. The molecule has 19 heavy (non-hydrogen) atoms. The highest BCUT2D eigenvalue weighted by Crippen LogP contribution is 2.02. The van der Waals surface area contributed by atoms with Crippen LogP contribution in [0.3, 0.4) is 0 Å². The molecule has 0 saturated carbocycles. The number of carbonyl (C=O) groups is 2. The Kier molecular flexibility index (Phi) is 11.2. The highest BCUT2D eigenvalue weighted by Gasteiger charge is 2.11. The second kappa shape index (κ2) is 11.9. The largest absolute Gasteiger partial charge is 0.462 e. The number of hydrogen-bond donors (Lipinski definition) is 2. The molecule has 6 heteroatoms. The van der Waals surface area contributed by atoms with Gasteiger partial charge >= 0.3 is 11.9 Å². The van der Waals surface area contributed by atoms with Crippen LogP contribution in [0.15, 0.2) is 0 Å². The molecular formula is C13H24O6. The third-order valence-electron chi connectivity index (χ3n) is 2.39. The fourth-order valence-electron chi connectivity index (χ4n) is 1.36. The molecule has 0 spiro atoms. The van der Waals surface area contributed by atoms with Crippen molar-refractivity contribution in [3.8, 4) is 0 Å². The van der Waals surface area contributed by atoms with Crippen LogP contribution in [0.2, 0.25) is 0 Å². The summed E-state index contributed by atoms with van der Waals surface area (Å²) in [7, 11) is 0. The van der Waals surface area contributed by atoms with E-state index < -0.39 is 6.10 Å². The lowest BCUT2D eigenvalue weighted by atomic mass is 10.2. The van der Waals surface area contributed by atoms with E-state index in [1.54, 1.807) is 6.92 Å². The summed E-state index contributed by atoms with van der Waals surface area (Å²) in [5, 5.41) is 17.1. The number of rotatable bonds is 11. The average molecular weight is 276 g/mol. The molecule has 0 aliphatic carbocycles. The number of ether oxygens (including phenoxy) is 2. The molecule has 0 bridgehead atoms. The van der Waals surface area contributed by atoms with Gasteiger partial charge in [-0.1, -0.05) is 0 Å². The lowest BCUT2D eigenvalue weighted by Crippen LogP contribution is -2.22. The summed E-state index contributed by atoms with van der Waals surface area (Å²) >= 11 is 0. The highest BCUT2D eigenvalue weighted by atomic mass is 16.6. The molecule has 0 aromatic heterocycles. The van der Waals surface area contributed by atoms with Crippen LogP contribution in [0.5, 0.6) is 0 Å². The SMILES string of the molecule is CC(COC(=O)CCCCO)OC(=O)CCCCO. The molecule has 0 rings (SSSR count). The third kappa shape index (κ3) is 11.7. The topological polar surface area (TPSA) is 93.1 Å². The van der Waals surface area contributed by atoms with Gasteiger partial charge in [0.05, 0.1) is 0 Å². The predicted molar refractivity (Wildman–Crippen MR) is 68.4 cm³/mol. The molecule has 0 aliphatic rings. The van der Waals surface area contributed by atoms with E-state index in [2.05, 4.69) is 0 Å². The van der Waals surface area contributed by atoms with Crippen molar-refractivity contribution in [2.45, 2.75) is 51.6 Å². The smallest absolute Gasteiger partial charge is 0.306 e. The quantitative estimate of drug-likeness (QED) is 0.428. The first-order chi connectivity index (χ1) is 9.10. The Bertz CT molecular complexity index is 254. The molecule has 1 atom stereocenters. The summed E-state index contributed by atoms with van der Waals surface area (Å²) in [6.07, 6.45) is 2.37. The first-order valence-electron chi connectivity index (χ1n) is 6.67. The molecule has 1 unspecified atom stereocenters. The fourth-order valence-corrected chi connectivity index (χ4v) is 1.36. The average Bonchev–Trinajstić information content (AvgIpc) is 2.37. The van der Waals surface area contributed by atoms with Gasteiger partial charge in [-0.05, 0) is 32.6 Å². The fraction of sp³-hybridized carbons (Fsp3) is 0.846. The van der Waals surface area contributed by atoms with Crippen molar-refractivity contribution in [3.05, 3.63) is 0 Å². The number of esters is 2. The zero-order valence-electron chi connectivity index (χ0n) is 11.5. The number of aliphatic hydroxyl groups excluding tert-OH is 2. The number of unbranched alkanes of at least 4 members (excludes halogenated alkanes) is 2. The van der Waals surface area contributed by atoms with Crippen molar-refractivity contribution < 1.29 is 29.3 Å². The van der Waals surface area contributed by atoms with Gasteiger partial charge in [0.1, 0.15) is 12.7 Å². The van der Waals surface area contributed by atoms with Gasteiger partial charge in [0, 0.05) is 26.1 Å². The Morgan fingerprint density at radius 3 is 2.00 bits per heavy atom. The number of hydrogen-bond acceptors (Lipinski definition) is 6. The molecular weight excluding hydrogens is 252 g/mol. The van der Waals surface area contributed by atoms with Crippen LogP contribution in [0.4, 0.5) is 0 Å². The van der Waals surface area contributed by atoms with Gasteiger partial charge in [-0.15, -0.1) is 0 Å². The molecule has 0 aliphatic heterocycles. The van der Waals surface area contributed by atoms with E-state index in [0.29, 0.717) is 25.7 Å². The van der Waals surface area contributed by atoms with E-state index in [4.69, 9.17) is 19.7 Å². The van der Waals surface area contributed by atoms with E-state index in [1.165, 1.54) is 0 Å². The summed E-state index contributed by atoms with van der Waals surface area (Å²) in [4.78, 5) is 22.6. The molecule has 0 heterocycles. The minimum atomic E-state index is -0.469. The Morgan fingerprint density at radius 1 is 0.947 bits per heavy atom. The molecule has 0 fully saturated rings. The molecule has 0 radical (unpaired) electrons. The maximum Gasteiger partial charge on any atom is 0.306 e. The molecule has 2 N–H and O–H groups in total. The van der Waals surface area contributed by atoms with Crippen molar-refractivity contribution in [1.29, 1.82) is 0 Å². The minimum absolute atomic E-state index is 0.0453. The third-order valence-corrected chi connectivity index (χ3v) is 2.39. The van der Waals surface area contributed by atoms with Crippen LogP contribution in [0.25, 0.3) is 0 Å². The van der Waals surface area contributed by atoms with Crippen molar-refractivity contribution >= 4 is 11.9 Å². The first kappa shape index (κ1) is 17.9. The Labute approximate surface area is 113 Å². The van der Waals surface area contributed by atoms with Crippen molar-refractivity contribution in [3.63, 3.8) is 0 Å². The van der Waals surface area contributed by atoms with E-state index in [9.17, 15) is 9.59 Å². The maximum atomic E-state index is 11.3. The monoisotopic (exact) mass is 276 g/mol. The van der Waals surface area contributed by atoms with E-state index in [0.717, 1.165) is 0 Å². The zero-order valence-corrected chi connectivity index (χ0v) is 11.5. The summed E-state index contributed by atoms with van der Waals surface area (Å²) in [6, 6.07) is 0. The summed E-state index contributed by atoms with van der Waals surface area (Å²) in [5.74, 6) is -0.700. The summed E-state index contributed by atoms with van der Waals surface area (Å²) in [5.41, 5.74) is 0. The first-order valence-corrected chi connectivity index (χ1v) is 6.67. The van der Waals surface area contributed by atoms with Crippen LogP contribution >= 0.6 is 0 Å². The van der Waals surface area contributed by atoms with E-state index >= 15 is 0 Å². The summed E-state index contributed by atoms with van der Waals surface area (Å²) < 4.78 is 9.97. The molecule has 112 valence electrons. The van der Waals surface area contributed by atoms with Crippen LogP contribution in [-0.2, 0) is 19.1 Å². The van der Waals surface area contributed by atoms with Crippen molar-refractivity contribution in [2.75, 3.05) is 19.8 Å². The van der Waals surface area contributed by atoms with Gasteiger partial charge in [0.25, 0.3) is 0 Å². The Balaban J connectivity index is 3.59. The van der Waals surface area contributed by atoms with Gasteiger partial charge < -0.3 is 19.7 Å². The molecule has 0 saturated heterocycles. The lowest BCUT2D eigenvalue weighted by molar-refractivity contribution is -0.158. The van der Waals surface area contributed by atoms with Gasteiger partial charge in [-0.25, -0.2) is 0 Å². The zero-order chi connectivity index (χ0) is 14.5. The Hall–Kier alpha value is -1.14. The second-order valence-electron chi connectivity index (χ2n) is 4.34. The maximum absolute atomic E-state index is 11.3. The normalized spacial score (nSPS) is 11.9. The summed E-state index contributed by atoms with van der Waals surface area (Å²) in [6.45, 7) is 1.83. The van der Waals surface area contributed by atoms with Crippen molar-refractivity contribution in [2.24, 2.45) is 0 Å². The van der Waals surface area contributed by atoms with Crippen LogP contribution in [0, 0.1) is 0 Å². The number of carbonyl (C=O) groups excluding carboxylic acids is 2. The lowest BCUT2D eigenvalue weighted by Gasteiger charge is -2.13. The van der Waals surface area contributed by atoms with Crippen LogP contribution < -0.4 is 0 Å².